The Labute approximate surface area is 213 Å². The third-order valence-electron chi connectivity index (χ3n) is 5.94. The van der Waals surface area contributed by atoms with Crippen molar-refractivity contribution in [2.45, 2.75) is 11.3 Å². The predicted octanol–water partition coefficient (Wildman–Crippen LogP) is 4.83. The van der Waals surface area contributed by atoms with Gasteiger partial charge in [0, 0.05) is 17.5 Å². The van der Waals surface area contributed by atoms with Gasteiger partial charge in [-0.3, -0.25) is 14.4 Å². The van der Waals surface area contributed by atoms with Crippen LogP contribution in [0.5, 0.6) is 11.5 Å². The molecule has 0 spiro atoms. The van der Waals surface area contributed by atoms with Gasteiger partial charge in [0.15, 0.2) is 5.13 Å². The molecule has 0 fully saturated rings. The standard InChI is InChI=1S/C26H23N3O5S2/c1-33-22-9-6-10-23(34-2)24(22)25(30)28-26-27-20(16-35-26)17-11-12-21-18(15-17)13-14-29(21)36(31,32)19-7-4-3-5-8-19/h3-12,15-16H,13-14H2,1-2H3,(H,27,28,30). The normalized spacial score (nSPS) is 12.8. The van der Waals surface area contributed by atoms with Crippen LogP contribution in [0, 0.1) is 0 Å². The van der Waals surface area contributed by atoms with Crippen LogP contribution in [0.15, 0.2) is 77.0 Å². The van der Waals surface area contributed by atoms with Gasteiger partial charge in [0.25, 0.3) is 15.9 Å². The second kappa shape index (κ2) is 9.63. The van der Waals surface area contributed by atoms with E-state index >= 15 is 0 Å². The van der Waals surface area contributed by atoms with Gasteiger partial charge in [-0.2, -0.15) is 0 Å². The van der Waals surface area contributed by atoms with Crippen molar-refractivity contribution in [2.24, 2.45) is 0 Å². The molecule has 0 bridgehead atoms. The Morgan fingerprint density at radius 3 is 2.42 bits per heavy atom. The van der Waals surface area contributed by atoms with Gasteiger partial charge in [0.1, 0.15) is 17.1 Å². The molecular formula is C26H23N3O5S2. The maximum Gasteiger partial charge on any atom is 0.265 e. The summed E-state index contributed by atoms with van der Waals surface area (Å²) in [5.41, 5.74) is 3.43. The van der Waals surface area contributed by atoms with Crippen LogP contribution < -0.4 is 19.1 Å². The fraction of sp³-hybridized carbons (Fsp3) is 0.154. The van der Waals surface area contributed by atoms with E-state index in [2.05, 4.69) is 10.3 Å². The molecule has 1 N–H and O–H groups in total. The van der Waals surface area contributed by atoms with Gasteiger partial charge in [0.05, 0.1) is 30.5 Å². The smallest absolute Gasteiger partial charge is 0.265 e. The Balaban J connectivity index is 1.37. The summed E-state index contributed by atoms with van der Waals surface area (Å²) < 4.78 is 38.3. The lowest BCUT2D eigenvalue weighted by Gasteiger charge is -2.19. The minimum absolute atomic E-state index is 0.272. The third kappa shape index (κ3) is 4.29. The van der Waals surface area contributed by atoms with Gasteiger partial charge in [-0.25, -0.2) is 13.4 Å². The fourth-order valence-corrected chi connectivity index (χ4v) is 6.44. The highest BCUT2D eigenvalue weighted by molar-refractivity contribution is 7.92. The Kier molecular flexibility index (Phi) is 6.38. The van der Waals surface area contributed by atoms with E-state index in [9.17, 15) is 13.2 Å². The highest BCUT2D eigenvalue weighted by Gasteiger charge is 2.31. The minimum atomic E-state index is -3.63. The van der Waals surface area contributed by atoms with Crippen molar-refractivity contribution in [3.63, 3.8) is 0 Å². The summed E-state index contributed by atoms with van der Waals surface area (Å²) in [5.74, 6) is 0.412. The third-order valence-corrected chi connectivity index (χ3v) is 8.52. The molecule has 3 aromatic carbocycles. The number of anilines is 2. The molecule has 1 aromatic heterocycles. The number of hydrogen-bond acceptors (Lipinski definition) is 7. The Morgan fingerprint density at radius 2 is 1.72 bits per heavy atom. The number of carbonyl (C=O) groups excluding carboxylic acids is 1. The van der Waals surface area contributed by atoms with Crippen LogP contribution in [0.1, 0.15) is 15.9 Å². The number of benzene rings is 3. The molecule has 36 heavy (non-hydrogen) atoms. The first kappa shape index (κ1) is 23.8. The number of nitrogens with one attached hydrogen (secondary N) is 1. The van der Waals surface area contributed by atoms with E-state index in [-0.39, 0.29) is 16.4 Å². The van der Waals surface area contributed by atoms with Crippen molar-refractivity contribution in [3.05, 3.63) is 83.2 Å². The lowest BCUT2D eigenvalue weighted by atomic mass is 10.1. The zero-order valence-corrected chi connectivity index (χ0v) is 21.2. The Bertz CT molecular complexity index is 1510. The van der Waals surface area contributed by atoms with E-state index < -0.39 is 10.0 Å². The van der Waals surface area contributed by atoms with E-state index in [1.807, 2.05) is 23.6 Å². The molecular weight excluding hydrogens is 498 g/mol. The summed E-state index contributed by atoms with van der Waals surface area (Å²) in [6.07, 6.45) is 0.608. The van der Waals surface area contributed by atoms with Gasteiger partial charge < -0.3 is 9.47 Å². The van der Waals surface area contributed by atoms with Crippen LogP contribution in [0.3, 0.4) is 0 Å². The molecule has 0 aliphatic carbocycles. The van der Waals surface area contributed by atoms with Crippen molar-refractivity contribution < 1.29 is 22.7 Å². The average molecular weight is 522 g/mol. The molecule has 1 amide bonds. The lowest BCUT2D eigenvalue weighted by Crippen LogP contribution is -2.29. The monoisotopic (exact) mass is 521 g/mol. The summed E-state index contributed by atoms with van der Waals surface area (Å²) in [4.78, 5) is 17.8. The van der Waals surface area contributed by atoms with Crippen LogP contribution in [0.4, 0.5) is 10.8 Å². The highest BCUT2D eigenvalue weighted by atomic mass is 32.2. The number of carbonyl (C=O) groups is 1. The van der Waals surface area contributed by atoms with Gasteiger partial charge in [-0.1, -0.05) is 30.3 Å². The van der Waals surface area contributed by atoms with Crippen molar-refractivity contribution in [1.29, 1.82) is 0 Å². The minimum Gasteiger partial charge on any atom is -0.496 e. The topological polar surface area (TPSA) is 97.8 Å². The molecule has 4 aromatic rings. The van der Waals surface area contributed by atoms with Crippen molar-refractivity contribution >= 4 is 38.1 Å². The molecule has 184 valence electrons. The summed E-state index contributed by atoms with van der Waals surface area (Å²) in [7, 11) is -0.639. The van der Waals surface area contributed by atoms with Gasteiger partial charge in [0.2, 0.25) is 0 Å². The molecule has 0 unspecified atom stereocenters. The quantitative estimate of drug-likeness (QED) is 0.374. The summed E-state index contributed by atoms with van der Waals surface area (Å²) in [5, 5.41) is 5.10. The van der Waals surface area contributed by atoms with E-state index in [0.29, 0.717) is 41.0 Å². The van der Waals surface area contributed by atoms with Gasteiger partial charge >= 0.3 is 0 Å². The number of nitrogens with zero attached hydrogens (tertiary/aromatic N) is 2. The molecule has 0 atom stereocenters. The number of rotatable bonds is 7. The van der Waals surface area contributed by atoms with E-state index in [1.165, 1.54) is 29.9 Å². The molecule has 1 aliphatic heterocycles. The molecule has 0 radical (unpaired) electrons. The van der Waals surface area contributed by atoms with E-state index in [0.717, 1.165) is 11.1 Å². The molecule has 0 saturated heterocycles. The molecule has 5 rings (SSSR count). The number of sulfonamides is 1. The molecule has 2 heterocycles. The first-order valence-electron chi connectivity index (χ1n) is 11.1. The van der Waals surface area contributed by atoms with Crippen LogP contribution in [-0.4, -0.2) is 40.1 Å². The van der Waals surface area contributed by atoms with Crippen LogP contribution >= 0.6 is 11.3 Å². The average Bonchev–Trinajstić information content (AvgIpc) is 3.55. The summed E-state index contributed by atoms with van der Waals surface area (Å²) >= 11 is 1.30. The number of ether oxygens (including phenoxy) is 2. The first-order chi connectivity index (χ1) is 17.4. The zero-order chi connectivity index (χ0) is 25.3. The molecule has 0 saturated carbocycles. The molecule has 8 nitrogen and oxygen atoms in total. The zero-order valence-electron chi connectivity index (χ0n) is 19.6. The number of hydrogen-bond donors (Lipinski definition) is 1. The second-order valence-corrected chi connectivity index (χ2v) is 10.7. The van der Waals surface area contributed by atoms with Crippen LogP contribution in [-0.2, 0) is 16.4 Å². The summed E-state index contributed by atoms with van der Waals surface area (Å²) in [6, 6.07) is 19.2. The number of amides is 1. The highest BCUT2D eigenvalue weighted by Crippen LogP contribution is 2.37. The maximum absolute atomic E-state index is 13.1. The van der Waals surface area contributed by atoms with Crippen LogP contribution in [0.25, 0.3) is 11.3 Å². The van der Waals surface area contributed by atoms with Gasteiger partial charge in [-0.15, -0.1) is 11.3 Å². The van der Waals surface area contributed by atoms with Gasteiger partial charge in [-0.05, 0) is 48.4 Å². The number of aromatic nitrogens is 1. The maximum atomic E-state index is 13.1. The number of thiazole rings is 1. The van der Waals surface area contributed by atoms with E-state index in [1.54, 1.807) is 48.5 Å². The van der Waals surface area contributed by atoms with Crippen molar-refractivity contribution in [2.75, 3.05) is 30.4 Å². The second-order valence-electron chi connectivity index (χ2n) is 8.01. The Morgan fingerprint density at radius 1 is 1.00 bits per heavy atom. The van der Waals surface area contributed by atoms with E-state index in [4.69, 9.17) is 9.47 Å². The molecule has 1 aliphatic rings. The fourth-order valence-electron chi connectivity index (χ4n) is 4.20. The van der Waals surface area contributed by atoms with Crippen molar-refractivity contribution in [3.8, 4) is 22.8 Å². The largest absolute Gasteiger partial charge is 0.496 e. The predicted molar refractivity (Wildman–Crippen MR) is 140 cm³/mol. The van der Waals surface area contributed by atoms with Crippen molar-refractivity contribution in [1.82, 2.24) is 4.98 Å². The summed E-state index contributed by atoms with van der Waals surface area (Å²) in [6.45, 7) is 0.384. The lowest BCUT2D eigenvalue weighted by molar-refractivity contribution is 0.102. The first-order valence-corrected chi connectivity index (χ1v) is 13.4. The SMILES string of the molecule is COc1cccc(OC)c1C(=O)Nc1nc(-c2ccc3c(c2)CCN3S(=O)(=O)c2ccccc2)cs1. The number of fused-ring (bicyclic) bond motifs is 1. The Hall–Kier alpha value is -3.89. The number of methoxy groups -OCH3 is 2. The molecule has 10 heteroatoms. The van der Waals surface area contributed by atoms with Crippen LogP contribution in [0.2, 0.25) is 0 Å².